The number of hydrogen-bond donors (Lipinski definition) is 0. The minimum atomic E-state index is 0.192. The zero-order chi connectivity index (χ0) is 20.6. The molecule has 29 heavy (non-hydrogen) atoms. The Bertz CT molecular complexity index is 807. The van der Waals surface area contributed by atoms with E-state index >= 15 is 0 Å². The average molecular weight is 411 g/mol. The van der Waals surface area contributed by atoms with Crippen LogP contribution in [0.15, 0.2) is 64.9 Å². The van der Waals surface area contributed by atoms with Crippen LogP contribution in [0.2, 0.25) is 0 Å². The summed E-state index contributed by atoms with van der Waals surface area (Å²) in [5.41, 5.74) is 1.77. The summed E-state index contributed by atoms with van der Waals surface area (Å²) in [7, 11) is 0. The minimum Gasteiger partial charge on any atom is -0.342 e. The lowest BCUT2D eigenvalue weighted by Gasteiger charge is -2.30. The number of hydrazone groups is 1. The first-order valence-corrected chi connectivity index (χ1v) is 11.3. The van der Waals surface area contributed by atoms with E-state index in [4.69, 9.17) is 10.1 Å². The number of amides is 1. The smallest absolute Gasteiger partial charge is 0.232 e. The number of carbonyl (C=O) groups excluding carboxylic acids is 1. The molecule has 2 heterocycles. The molecule has 2 aliphatic heterocycles. The Hall–Kier alpha value is -2.34. The molecule has 0 aromatic heterocycles. The molecule has 6 heteroatoms. The van der Waals surface area contributed by atoms with Crippen molar-refractivity contribution >= 4 is 28.5 Å². The van der Waals surface area contributed by atoms with E-state index in [1.54, 1.807) is 5.01 Å². The summed E-state index contributed by atoms with van der Waals surface area (Å²) in [6.07, 6.45) is 7.02. The number of benzene rings is 1. The summed E-state index contributed by atoms with van der Waals surface area (Å²) in [6.45, 7) is 10.9. The van der Waals surface area contributed by atoms with Gasteiger partial charge in [-0.3, -0.25) is 9.79 Å². The molecule has 2 aliphatic rings. The lowest BCUT2D eigenvalue weighted by Crippen LogP contribution is -2.39. The van der Waals surface area contributed by atoms with E-state index in [2.05, 4.69) is 20.4 Å². The molecule has 0 aliphatic carbocycles. The van der Waals surface area contributed by atoms with Crippen molar-refractivity contribution in [3.63, 3.8) is 0 Å². The maximum atomic E-state index is 12.6. The van der Waals surface area contributed by atoms with Crippen LogP contribution in [-0.2, 0) is 4.79 Å². The standard InChI is InChI=1S/C23H30N4OS/c1-4-14-24-23(20-8-6-5-7-9-20)27-19(3)10-11-21(25-27)29-17-22(28)26-15-12-18(2)13-16-26/h5-11,18H,3-4,12-17H2,1-2H3. The highest BCUT2D eigenvalue weighted by Gasteiger charge is 2.22. The van der Waals surface area contributed by atoms with Crippen LogP contribution in [0.4, 0.5) is 0 Å². The number of piperidine rings is 1. The van der Waals surface area contributed by atoms with Gasteiger partial charge in [0.1, 0.15) is 5.04 Å². The SMILES string of the molecule is C=C1C=CC(SCC(=O)N2CCC(C)CC2)=NN1C(=NCCC)c1ccccc1. The van der Waals surface area contributed by atoms with Crippen molar-refractivity contribution in [1.29, 1.82) is 0 Å². The van der Waals surface area contributed by atoms with Crippen molar-refractivity contribution in [1.82, 2.24) is 9.91 Å². The fourth-order valence-electron chi connectivity index (χ4n) is 3.26. The molecular formula is C23H30N4OS. The van der Waals surface area contributed by atoms with Crippen molar-refractivity contribution in [2.45, 2.75) is 33.1 Å². The highest BCUT2D eigenvalue weighted by Crippen LogP contribution is 2.22. The first-order chi connectivity index (χ1) is 14.1. The Morgan fingerprint density at radius 2 is 1.97 bits per heavy atom. The molecule has 1 saturated heterocycles. The average Bonchev–Trinajstić information content (AvgIpc) is 2.75. The molecule has 5 nitrogen and oxygen atoms in total. The van der Waals surface area contributed by atoms with E-state index in [1.165, 1.54) is 11.8 Å². The fourth-order valence-corrected chi connectivity index (χ4v) is 4.02. The van der Waals surface area contributed by atoms with E-state index in [0.29, 0.717) is 5.75 Å². The third-order valence-electron chi connectivity index (χ3n) is 5.09. The van der Waals surface area contributed by atoms with Gasteiger partial charge in [0.05, 0.1) is 11.4 Å². The summed E-state index contributed by atoms with van der Waals surface area (Å²) >= 11 is 1.48. The monoisotopic (exact) mass is 410 g/mol. The van der Waals surface area contributed by atoms with Gasteiger partial charge in [-0.2, -0.15) is 5.10 Å². The van der Waals surface area contributed by atoms with E-state index in [-0.39, 0.29) is 5.91 Å². The Morgan fingerprint density at radius 3 is 2.66 bits per heavy atom. The molecule has 0 unspecified atom stereocenters. The molecular weight excluding hydrogens is 380 g/mol. The topological polar surface area (TPSA) is 48.3 Å². The largest absolute Gasteiger partial charge is 0.342 e. The highest BCUT2D eigenvalue weighted by molar-refractivity contribution is 8.14. The van der Waals surface area contributed by atoms with Crippen LogP contribution < -0.4 is 0 Å². The number of carbonyl (C=O) groups is 1. The van der Waals surface area contributed by atoms with Crippen LogP contribution in [0.25, 0.3) is 0 Å². The number of allylic oxidation sites excluding steroid dienone is 1. The molecule has 1 fully saturated rings. The zero-order valence-corrected chi connectivity index (χ0v) is 18.2. The van der Waals surface area contributed by atoms with Crippen LogP contribution >= 0.6 is 11.8 Å². The van der Waals surface area contributed by atoms with Crippen LogP contribution in [0.5, 0.6) is 0 Å². The highest BCUT2D eigenvalue weighted by atomic mass is 32.2. The van der Waals surface area contributed by atoms with Gasteiger partial charge in [-0.05, 0) is 37.3 Å². The summed E-state index contributed by atoms with van der Waals surface area (Å²) in [6, 6.07) is 10.0. The number of amidine groups is 1. The lowest BCUT2D eigenvalue weighted by molar-refractivity contribution is -0.129. The quantitative estimate of drug-likeness (QED) is 0.529. The predicted octanol–water partition coefficient (Wildman–Crippen LogP) is 4.53. The Balaban J connectivity index is 1.70. The molecule has 0 radical (unpaired) electrons. The summed E-state index contributed by atoms with van der Waals surface area (Å²) in [4.78, 5) is 19.3. The third-order valence-corrected chi connectivity index (χ3v) is 5.99. The summed E-state index contributed by atoms with van der Waals surface area (Å²) < 4.78 is 0. The van der Waals surface area contributed by atoms with E-state index < -0.39 is 0 Å². The van der Waals surface area contributed by atoms with Crippen LogP contribution in [0, 0.1) is 5.92 Å². The molecule has 1 amide bonds. The van der Waals surface area contributed by atoms with Gasteiger partial charge in [-0.25, -0.2) is 5.01 Å². The van der Waals surface area contributed by atoms with Crippen molar-refractivity contribution in [2.75, 3.05) is 25.4 Å². The van der Waals surface area contributed by atoms with Gasteiger partial charge < -0.3 is 4.90 Å². The molecule has 0 N–H and O–H groups in total. The van der Waals surface area contributed by atoms with Crippen molar-refractivity contribution < 1.29 is 4.79 Å². The molecule has 0 bridgehead atoms. The van der Waals surface area contributed by atoms with Crippen molar-refractivity contribution in [3.8, 4) is 0 Å². The number of hydrogen-bond acceptors (Lipinski definition) is 4. The molecule has 0 atom stereocenters. The number of aliphatic imine (C=N–C) groups is 1. The van der Waals surface area contributed by atoms with Crippen molar-refractivity contribution in [3.05, 3.63) is 60.3 Å². The number of likely N-dealkylation sites (tertiary alicyclic amines) is 1. The lowest BCUT2D eigenvalue weighted by atomic mass is 9.99. The number of thioether (sulfide) groups is 1. The predicted molar refractivity (Wildman–Crippen MR) is 123 cm³/mol. The second-order valence-corrected chi connectivity index (χ2v) is 8.49. The maximum Gasteiger partial charge on any atom is 0.232 e. The summed E-state index contributed by atoms with van der Waals surface area (Å²) in [5.74, 6) is 2.11. The second-order valence-electron chi connectivity index (χ2n) is 7.50. The van der Waals surface area contributed by atoms with Crippen molar-refractivity contribution in [2.24, 2.45) is 16.0 Å². The molecule has 3 rings (SSSR count). The number of nitrogens with zero attached hydrogens (tertiary/aromatic N) is 4. The van der Waals surface area contributed by atoms with Gasteiger partial charge >= 0.3 is 0 Å². The second kappa shape index (κ2) is 10.4. The fraction of sp³-hybridized carbons (Fsp3) is 0.435. The van der Waals surface area contributed by atoms with Crippen LogP contribution in [0.1, 0.15) is 38.7 Å². The van der Waals surface area contributed by atoms with Crippen LogP contribution in [0.3, 0.4) is 0 Å². The first kappa shape index (κ1) is 21.4. The van der Waals surface area contributed by atoms with E-state index in [0.717, 1.165) is 67.0 Å². The zero-order valence-electron chi connectivity index (χ0n) is 17.4. The first-order valence-electron chi connectivity index (χ1n) is 10.3. The van der Waals surface area contributed by atoms with Gasteiger partial charge in [0.15, 0.2) is 5.84 Å². The Kier molecular flexibility index (Phi) is 7.69. The maximum absolute atomic E-state index is 12.6. The normalized spacial score (nSPS) is 18.2. The van der Waals surface area contributed by atoms with Gasteiger partial charge in [-0.15, -0.1) is 0 Å². The summed E-state index contributed by atoms with van der Waals surface area (Å²) in [5, 5.41) is 7.34. The van der Waals surface area contributed by atoms with Crippen LogP contribution in [-0.4, -0.2) is 52.1 Å². The molecule has 0 spiro atoms. The third kappa shape index (κ3) is 5.82. The van der Waals surface area contributed by atoms with E-state index in [9.17, 15) is 4.79 Å². The Labute approximate surface area is 178 Å². The molecule has 1 aromatic carbocycles. The van der Waals surface area contributed by atoms with Gasteiger partial charge in [0, 0.05) is 25.2 Å². The molecule has 1 aromatic rings. The Morgan fingerprint density at radius 1 is 1.24 bits per heavy atom. The van der Waals surface area contributed by atoms with Gasteiger partial charge in [-0.1, -0.05) is 62.5 Å². The van der Waals surface area contributed by atoms with E-state index in [1.807, 2.05) is 47.4 Å². The number of rotatable bonds is 5. The molecule has 0 saturated carbocycles. The van der Waals surface area contributed by atoms with Gasteiger partial charge in [0.2, 0.25) is 5.91 Å². The minimum absolute atomic E-state index is 0.192. The molecule has 154 valence electrons. The van der Waals surface area contributed by atoms with Gasteiger partial charge in [0.25, 0.3) is 0 Å².